The fourth-order valence-corrected chi connectivity index (χ4v) is 1.43. The lowest BCUT2D eigenvalue weighted by molar-refractivity contribution is -0.113. The highest BCUT2D eigenvalue weighted by Gasteiger charge is 2.11. The summed E-state index contributed by atoms with van der Waals surface area (Å²) in [6.45, 7) is 0. The molecule has 1 amide bonds. The number of carboxylic acid groups (broad SMARTS) is 1. The zero-order valence-corrected chi connectivity index (χ0v) is 9.31. The number of hydrogen-bond acceptors (Lipinski definition) is 3. The molecule has 0 bridgehead atoms. The second-order valence-electron chi connectivity index (χ2n) is 2.98. The van der Waals surface area contributed by atoms with Gasteiger partial charge in [-0.2, -0.15) is 11.8 Å². The molecule has 0 spiro atoms. The summed E-state index contributed by atoms with van der Waals surface area (Å²) in [5, 5.41) is 11.0. The number of aromatic carboxylic acids is 1. The van der Waals surface area contributed by atoms with Crippen LogP contribution in [0.3, 0.4) is 0 Å². The van der Waals surface area contributed by atoms with E-state index in [1.807, 2.05) is 0 Å². The van der Waals surface area contributed by atoms with E-state index in [0.29, 0.717) is 0 Å². The largest absolute Gasteiger partial charge is 0.478 e. The number of thioether (sulfide) groups is 1. The third-order valence-corrected chi connectivity index (χ3v) is 2.31. The Morgan fingerprint density at radius 2 is 2.19 bits per heavy atom. The number of amides is 1. The van der Waals surface area contributed by atoms with E-state index in [1.54, 1.807) is 6.26 Å². The molecule has 0 saturated heterocycles. The maximum absolute atomic E-state index is 13.2. The van der Waals surface area contributed by atoms with Gasteiger partial charge in [0.15, 0.2) is 0 Å². The van der Waals surface area contributed by atoms with Gasteiger partial charge in [-0.15, -0.1) is 0 Å². The Hall–Kier alpha value is -1.56. The van der Waals surface area contributed by atoms with E-state index >= 15 is 0 Å². The summed E-state index contributed by atoms with van der Waals surface area (Å²) in [6, 6.07) is 3.46. The molecule has 0 fully saturated rings. The summed E-state index contributed by atoms with van der Waals surface area (Å²) in [6.07, 6.45) is 1.77. The van der Waals surface area contributed by atoms with Gasteiger partial charge in [-0.1, -0.05) is 0 Å². The van der Waals surface area contributed by atoms with Crippen LogP contribution in [-0.2, 0) is 4.79 Å². The van der Waals surface area contributed by atoms with Gasteiger partial charge >= 0.3 is 5.97 Å². The number of anilines is 1. The maximum Gasteiger partial charge on any atom is 0.338 e. The summed E-state index contributed by atoms with van der Waals surface area (Å²) in [7, 11) is 0. The van der Waals surface area contributed by atoms with Crippen LogP contribution in [0.25, 0.3) is 0 Å². The number of carbonyl (C=O) groups excluding carboxylic acids is 1. The number of carboxylic acids is 1. The van der Waals surface area contributed by atoms with Gasteiger partial charge in [0.1, 0.15) is 5.82 Å². The minimum atomic E-state index is -1.33. The molecule has 0 atom stereocenters. The number of rotatable bonds is 4. The molecular formula is C10H10FNO3S. The molecule has 0 saturated carbocycles. The van der Waals surface area contributed by atoms with Crippen LogP contribution in [-0.4, -0.2) is 29.0 Å². The van der Waals surface area contributed by atoms with Crippen LogP contribution in [0.4, 0.5) is 10.1 Å². The van der Waals surface area contributed by atoms with Crippen LogP contribution in [0.2, 0.25) is 0 Å². The van der Waals surface area contributed by atoms with Crippen LogP contribution in [0.5, 0.6) is 0 Å². The molecule has 4 nitrogen and oxygen atoms in total. The third kappa shape index (κ3) is 3.23. The van der Waals surface area contributed by atoms with Crippen molar-refractivity contribution in [3.05, 3.63) is 29.6 Å². The quantitative estimate of drug-likeness (QED) is 0.846. The number of hydrogen-bond donors (Lipinski definition) is 2. The Labute approximate surface area is 95.8 Å². The highest BCUT2D eigenvalue weighted by Crippen LogP contribution is 2.14. The van der Waals surface area contributed by atoms with E-state index in [4.69, 9.17) is 5.11 Å². The van der Waals surface area contributed by atoms with Crippen molar-refractivity contribution < 1.29 is 19.1 Å². The van der Waals surface area contributed by atoms with Crippen molar-refractivity contribution in [3.8, 4) is 0 Å². The minimum Gasteiger partial charge on any atom is -0.478 e. The lowest BCUT2D eigenvalue weighted by atomic mass is 10.2. The van der Waals surface area contributed by atoms with E-state index in [2.05, 4.69) is 5.32 Å². The van der Waals surface area contributed by atoms with Crippen LogP contribution < -0.4 is 5.32 Å². The van der Waals surface area contributed by atoms with E-state index in [0.717, 1.165) is 12.1 Å². The first-order valence-electron chi connectivity index (χ1n) is 4.36. The fourth-order valence-electron chi connectivity index (χ4n) is 1.09. The second kappa shape index (κ2) is 5.50. The SMILES string of the molecule is CSCC(=O)Nc1ccc(C(=O)O)c(F)c1. The van der Waals surface area contributed by atoms with Crippen LogP contribution >= 0.6 is 11.8 Å². The Morgan fingerprint density at radius 3 is 2.69 bits per heavy atom. The highest BCUT2D eigenvalue weighted by molar-refractivity contribution is 7.99. The Morgan fingerprint density at radius 1 is 1.50 bits per heavy atom. The van der Waals surface area contributed by atoms with Gasteiger partial charge < -0.3 is 10.4 Å². The molecule has 1 rings (SSSR count). The second-order valence-corrected chi connectivity index (χ2v) is 3.85. The van der Waals surface area contributed by atoms with Crippen molar-refractivity contribution in [3.63, 3.8) is 0 Å². The van der Waals surface area contributed by atoms with Gasteiger partial charge in [-0.3, -0.25) is 4.79 Å². The lowest BCUT2D eigenvalue weighted by Crippen LogP contribution is -2.14. The maximum atomic E-state index is 13.2. The molecular weight excluding hydrogens is 233 g/mol. The van der Waals surface area contributed by atoms with Crippen LogP contribution in [0.15, 0.2) is 18.2 Å². The summed E-state index contributed by atoms with van der Waals surface area (Å²) in [4.78, 5) is 21.7. The van der Waals surface area contributed by atoms with Crippen LogP contribution in [0.1, 0.15) is 10.4 Å². The average Bonchev–Trinajstić information content (AvgIpc) is 2.17. The first-order valence-corrected chi connectivity index (χ1v) is 5.75. The van der Waals surface area contributed by atoms with Crippen molar-refractivity contribution in [2.24, 2.45) is 0 Å². The predicted molar refractivity (Wildman–Crippen MR) is 60.4 cm³/mol. The zero-order chi connectivity index (χ0) is 12.1. The van der Waals surface area contributed by atoms with E-state index in [9.17, 15) is 14.0 Å². The topological polar surface area (TPSA) is 66.4 Å². The first-order chi connectivity index (χ1) is 7.54. The summed E-state index contributed by atoms with van der Waals surface area (Å²) in [5.41, 5.74) is -0.163. The Kier molecular flexibility index (Phi) is 4.30. The molecule has 6 heteroatoms. The predicted octanol–water partition coefficient (Wildman–Crippen LogP) is 1.83. The van der Waals surface area contributed by atoms with Crippen molar-refractivity contribution in [2.45, 2.75) is 0 Å². The number of benzene rings is 1. The molecule has 0 aliphatic rings. The minimum absolute atomic E-state index is 0.251. The molecule has 1 aromatic carbocycles. The Bertz CT molecular complexity index is 423. The van der Waals surface area contributed by atoms with Crippen molar-refractivity contribution >= 4 is 29.3 Å². The average molecular weight is 243 g/mol. The van der Waals surface area contributed by atoms with Crippen LogP contribution in [0, 0.1) is 5.82 Å². The Balaban J connectivity index is 2.81. The molecule has 0 aromatic heterocycles. The molecule has 0 aliphatic carbocycles. The number of nitrogens with one attached hydrogen (secondary N) is 1. The van der Waals surface area contributed by atoms with Crippen molar-refractivity contribution in [2.75, 3.05) is 17.3 Å². The van der Waals surface area contributed by atoms with Gasteiger partial charge in [-0.25, -0.2) is 9.18 Å². The van der Waals surface area contributed by atoms with Gasteiger partial charge in [0.2, 0.25) is 5.91 Å². The lowest BCUT2D eigenvalue weighted by Gasteiger charge is -2.05. The summed E-state index contributed by atoms with van der Waals surface area (Å²) in [5.74, 6) is -2.19. The summed E-state index contributed by atoms with van der Waals surface area (Å²) < 4.78 is 13.2. The molecule has 0 aliphatic heterocycles. The monoisotopic (exact) mass is 243 g/mol. The first kappa shape index (κ1) is 12.5. The normalized spacial score (nSPS) is 9.88. The number of halogens is 1. The van der Waals surface area contributed by atoms with E-state index < -0.39 is 17.3 Å². The molecule has 0 unspecified atom stereocenters. The highest BCUT2D eigenvalue weighted by atomic mass is 32.2. The van der Waals surface area contributed by atoms with Gasteiger partial charge in [-0.05, 0) is 24.5 Å². The van der Waals surface area contributed by atoms with Crippen molar-refractivity contribution in [1.29, 1.82) is 0 Å². The molecule has 16 heavy (non-hydrogen) atoms. The molecule has 1 aromatic rings. The molecule has 0 radical (unpaired) electrons. The van der Waals surface area contributed by atoms with Crippen molar-refractivity contribution in [1.82, 2.24) is 0 Å². The van der Waals surface area contributed by atoms with Gasteiger partial charge in [0.25, 0.3) is 0 Å². The van der Waals surface area contributed by atoms with E-state index in [1.165, 1.54) is 17.8 Å². The fraction of sp³-hybridized carbons (Fsp3) is 0.200. The summed E-state index contributed by atoms with van der Waals surface area (Å²) >= 11 is 1.34. The number of carbonyl (C=O) groups is 2. The smallest absolute Gasteiger partial charge is 0.338 e. The van der Waals surface area contributed by atoms with Gasteiger partial charge in [0, 0.05) is 5.69 Å². The third-order valence-electron chi connectivity index (χ3n) is 1.76. The zero-order valence-electron chi connectivity index (χ0n) is 8.49. The molecule has 86 valence electrons. The van der Waals surface area contributed by atoms with E-state index in [-0.39, 0.29) is 17.3 Å². The molecule has 2 N–H and O–H groups in total. The van der Waals surface area contributed by atoms with Gasteiger partial charge in [0.05, 0.1) is 11.3 Å². The standard InChI is InChI=1S/C10H10FNO3S/c1-16-5-9(13)12-6-2-3-7(10(14)15)8(11)4-6/h2-4H,5H2,1H3,(H,12,13)(H,14,15). The molecule has 0 heterocycles.